The molecular formula is C23H22N4O2S2. The van der Waals surface area contributed by atoms with Crippen molar-refractivity contribution in [3.63, 3.8) is 0 Å². The van der Waals surface area contributed by atoms with E-state index in [4.69, 9.17) is 4.98 Å². The molecule has 158 valence electrons. The summed E-state index contributed by atoms with van der Waals surface area (Å²) in [5, 5.41) is 7.05. The minimum absolute atomic E-state index is 0.0574. The van der Waals surface area contributed by atoms with Crippen LogP contribution in [0.3, 0.4) is 0 Å². The summed E-state index contributed by atoms with van der Waals surface area (Å²) < 4.78 is 0.629. The van der Waals surface area contributed by atoms with Crippen LogP contribution in [0.15, 0.2) is 58.0 Å². The number of H-pyrrole nitrogens is 1. The van der Waals surface area contributed by atoms with Gasteiger partial charge in [0, 0.05) is 28.9 Å². The van der Waals surface area contributed by atoms with Crippen LogP contribution in [0, 0.1) is 5.92 Å². The van der Waals surface area contributed by atoms with Gasteiger partial charge in [-0.05, 0) is 29.9 Å². The molecule has 4 aromatic rings. The maximum Gasteiger partial charge on any atom is 0.270 e. The molecule has 1 fully saturated rings. The first-order valence-corrected chi connectivity index (χ1v) is 12.1. The molecule has 4 heterocycles. The van der Waals surface area contributed by atoms with Crippen LogP contribution in [0.2, 0.25) is 0 Å². The highest BCUT2D eigenvalue weighted by Crippen LogP contribution is 2.32. The van der Waals surface area contributed by atoms with E-state index in [-0.39, 0.29) is 17.4 Å². The molecule has 8 heteroatoms. The van der Waals surface area contributed by atoms with Gasteiger partial charge in [0.2, 0.25) is 11.9 Å². The quantitative estimate of drug-likeness (QED) is 0.477. The van der Waals surface area contributed by atoms with Crippen LogP contribution in [0.5, 0.6) is 0 Å². The zero-order valence-corrected chi connectivity index (χ0v) is 18.5. The number of fused-ring (bicyclic) bond motifs is 1. The Morgan fingerprint density at radius 1 is 1.19 bits per heavy atom. The number of nitrogens with zero attached hydrogens (tertiary/aromatic N) is 2. The molecule has 2 N–H and O–H groups in total. The zero-order valence-electron chi connectivity index (χ0n) is 16.8. The van der Waals surface area contributed by atoms with Crippen molar-refractivity contribution >= 4 is 44.7 Å². The number of aromatic nitrogens is 2. The summed E-state index contributed by atoms with van der Waals surface area (Å²) in [5.41, 5.74) is 2.60. The van der Waals surface area contributed by atoms with Gasteiger partial charge in [0.05, 0.1) is 18.0 Å². The molecule has 1 aromatic carbocycles. The van der Waals surface area contributed by atoms with Crippen LogP contribution in [-0.2, 0) is 11.3 Å². The molecule has 31 heavy (non-hydrogen) atoms. The van der Waals surface area contributed by atoms with E-state index in [1.165, 1.54) is 11.3 Å². The zero-order chi connectivity index (χ0) is 21.2. The number of anilines is 1. The predicted molar refractivity (Wildman–Crippen MR) is 127 cm³/mol. The maximum atomic E-state index is 12.7. The second-order valence-electron chi connectivity index (χ2n) is 7.67. The van der Waals surface area contributed by atoms with Gasteiger partial charge in [-0.15, -0.1) is 22.7 Å². The average Bonchev–Trinajstić information content (AvgIpc) is 3.48. The number of carbonyl (C=O) groups excluding carboxylic acids is 1. The highest BCUT2D eigenvalue weighted by Gasteiger charge is 2.27. The van der Waals surface area contributed by atoms with Crippen molar-refractivity contribution in [3.8, 4) is 11.1 Å². The minimum Gasteiger partial charge on any atom is -0.351 e. The third-order valence-corrected chi connectivity index (χ3v) is 7.45. The lowest BCUT2D eigenvalue weighted by Crippen LogP contribution is -2.43. The third kappa shape index (κ3) is 4.13. The van der Waals surface area contributed by atoms with E-state index in [1.54, 1.807) is 11.3 Å². The number of piperidine rings is 1. The molecule has 0 unspecified atom stereocenters. The molecule has 0 radical (unpaired) electrons. The molecular weight excluding hydrogens is 428 g/mol. The average molecular weight is 451 g/mol. The summed E-state index contributed by atoms with van der Waals surface area (Å²) in [6, 6.07) is 14.0. The molecule has 1 aliphatic heterocycles. The number of hydrogen-bond acceptors (Lipinski definition) is 6. The highest BCUT2D eigenvalue weighted by atomic mass is 32.1. The first kappa shape index (κ1) is 20.0. The van der Waals surface area contributed by atoms with E-state index in [0.717, 1.165) is 40.9 Å². The van der Waals surface area contributed by atoms with E-state index in [2.05, 4.69) is 10.3 Å². The second kappa shape index (κ2) is 8.64. The molecule has 1 amide bonds. The Bertz CT molecular complexity index is 1250. The summed E-state index contributed by atoms with van der Waals surface area (Å²) in [6.07, 6.45) is 1.72. The molecule has 1 atom stereocenters. The van der Waals surface area contributed by atoms with Gasteiger partial charge in [-0.25, -0.2) is 4.98 Å². The number of thiophene rings is 2. The Balaban J connectivity index is 1.38. The lowest BCUT2D eigenvalue weighted by molar-refractivity contribution is -0.125. The molecule has 0 spiro atoms. The van der Waals surface area contributed by atoms with E-state index < -0.39 is 0 Å². The molecule has 0 bridgehead atoms. The lowest BCUT2D eigenvalue weighted by atomic mass is 9.97. The van der Waals surface area contributed by atoms with Crippen molar-refractivity contribution in [1.82, 2.24) is 15.3 Å². The fourth-order valence-corrected chi connectivity index (χ4v) is 5.56. The van der Waals surface area contributed by atoms with E-state index >= 15 is 0 Å². The third-order valence-electron chi connectivity index (χ3n) is 5.61. The van der Waals surface area contributed by atoms with Gasteiger partial charge < -0.3 is 10.2 Å². The van der Waals surface area contributed by atoms with Crippen LogP contribution in [0.4, 0.5) is 5.95 Å². The Kier molecular flexibility index (Phi) is 5.57. The molecule has 0 aliphatic carbocycles. The van der Waals surface area contributed by atoms with Crippen LogP contribution in [0.1, 0.15) is 17.7 Å². The smallest absolute Gasteiger partial charge is 0.270 e. The fraction of sp³-hybridized carbons (Fsp3) is 0.261. The van der Waals surface area contributed by atoms with Gasteiger partial charge in [0.15, 0.2) is 0 Å². The minimum atomic E-state index is -0.128. The Morgan fingerprint density at radius 2 is 2.06 bits per heavy atom. The molecule has 1 saturated heterocycles. The van der Waals surface area contributed by atoms with Crippen LogP contribution >= 0.6 is 22.7 Å². The van der Waals surface area contributed by atoms with Crippen LogP contribution in [-0.4, -0.2) is 29.0 Å². The number of hydrogen-bond donors (Lipinski definition) is 2. The van der Waals surface area contributed by atoms with Gasteiger partial charge in [0.1, 0.15) is 4.70 Å². The van der Waals surface area contributed by atoms with Crippen LogP contribution in [0.25, 0.3) is 21.3 Å². The number of rotatable bonds is 5. The number of amides is 1. The molecule has 5 rings (SSSR count). The standard InChI is InChI=1S/C23H22N4O2S2/c28-21(24-12-17-9-5-11-30-17)16-8-4-10-27(13-16)23-25-19-18(15-6-2-1-3-7-15)14-31-20(19)22(29)26-23/h1-3,5-7,9,11,14,16H,4,8,10,12-13H2,(H,24,28)(H,25,26,29)/t16-/m1/s1. The van der Waals surface area contributed by atoms with Crippen molar-refractivity contribution in [2.24, 2.45) is 5.92 Å². The topological polar surface area (TPSA) is 78.1 Å². The van der Waals surface area contributed by atoms with Crippen LogP contribution < -0.4 is 15.8 Å². The van der Waals surface area contributed by atoms with Gasteiger partial charge in [-0.3, -0.25) is 14.6 Å². The van der Waals surface area contributed by atoms with Crippen molar-refractivity contribution in [2.45, 2.75) is 19.4 Å². The summed E-state index contributed by atoms with van der Waals surface area (Å²) in [6.45, 7) is 1.88. The first-order valence-electron chi connectivity index (χ1n) is 10.3. The second-order valence-corrected chi connectivity index (χ2v) is 9.58. The maximum absolute atomic E-state index is 12.7. The monoisotopic (exact) mass is 450 g/mol. The number of aromatic amines is 1. The van der Waals surface area contributed by atoms with E-state index in [9.17, 15) is 9.59 Å². The number of carbonyl (C=O) groups is 1. The predicted octanol–water partition coefficient (Wildman–Crippen LogP) is 4.25. The van der Waals surface area contributed by atoms with E-state index in [0.29, 0.717) is 23.7 Å². The SMILES string of the molecule is O=C(NCc1cccs1)[C@@H]1CCCN(c2nc3c(-c4ccccc4)csc3c(=O)[nH]2)C1. The summed E-state index contributed by atoms with van der Waals surface area (Å²) in [7, 11) is 0. The Labute approximate surface area is 187 Å². The number of benzene rings is 1. The highest BCUT2D eigenvalue weighted by molar-refractivity contribution is 7.17. The normalized spacial score (nSPS) is 16.5. The molecule has 0 saturated carbocycles. The summed E-state index contributed by atoms with van der Waals surface area (Å²) in [5.74, 6) is 0.483. The molecule has 6 nitrogen and oxygen atoms in total. The molecule has 1 aliphatic rings. The van der Waals surface area contributed by atoms with Crippen molar-refractivity contribution in [1.29, 1.82) is 0 Å². The Morgan fingerprint density at radius 3 is 2.87 bits per heavy atom. The summed E-state index contributed by atoms with van der Waals surface area (Å²) in [4.78, 5) is 36.4. The fourth-order valence-electron chi connectivity index (χ4n) is 4.00. The van der Waals surface area contributed by atoms with Gasteiger partial charge >= 0.3 is 0 Å². The number of nitrogens with one attached hydrogen (secondary N) is 2. The Hall–Kier alpha value is -2.97. The van der Waals surface area contributed by atoms with Gasteiger partial charge in [0.25, 0.3) is 5.56 Å². The lowest BCUT2D eigenvalue weighted by Gasteiger charge is -2.32. The first-order chi connectivity index (χ1) is 15.2. The summed E-state index contributed by atoms with van der Waals surface area (Å²) >= 11 is 3.05. The largest absolute Gasteiger partial charge is 0.351 e. The van der Waals surface area contributed by atoms with Gasteiger partial charge in [-0.2, -0.15) is 0 Å². The van der Waals surface area contributed by atoms with Crippen molar-refractivity contribution in [2.75, 3.05) is 18.0 Å². The molecule has 3 aromatic heterocycles. The van der Waals surface area contributed by atoms with E-state index in [1.807, 2.05) is 58.1 Å². The van der Waals surface area contributed by atoms with Crippen molar-refractivity contribution in [3.05, 3.63) is 68.5 Å². The van der Waals surface area contributed by atoms with Gasteiger partial charge in [-0.1, -0.05) is 36.4 Å². The van der Waals surface area contributed by atoms with Crippen molar-refractivity contribution < 1.29 is 4.79 Å².